The highest BCUT2D eigenvalue weighted by atomic mass is 35.5. The van der Waals surface area contributed by atoms with E-state index in [0.29, 0.717) is 21.6 Å². The van der Waals surface area contributed by atoms with Crippen molar-refractivity contribution < 1.29 is 0 Å². The summed E-state index contributed by atoms with van der Waals surface area (Å²) in [6, 6.07) is 12.3. The molecule has 1 aliphatic carbocycles. The van der Waals surface area contributed by atoms with Crippen LogP contribution in [-0.2, 0) is 12.8 Å². The molecule has 28 heavy (non-hydrogen) atoms. The summed E-state index contributed by atoms with van der Waals surface area (Å²) >= 11 is 14.3. The first-order valence-corrected chi connectivity index (χ1v) is 10.9. The van der Waals surface area contributed by atoms with Gasteiger partial charge in [-0.25, -0.2) is 9.97 Å². The zero-order valence-electron chi connectivity index (χ0n) is 15.0. The van der Waals surface area contributed by atoms with Crippen LogP contribution in [0, 0.1) is 0 Å². The highest BCUT2D eigenvalue weighted by Crippen LogP contribution is 2.40. The van der Waals surface area contributed by atoms with E-state index in [0.717, 1.165) is 22.2 Å². The molecule has 0 fully saturated rings. The number of hydrogen-bond acceptors (Lipinski definition) is 4. The zero-order chi connectivity index (χ0) is 19.1. The zero-order valence-corrected chi connectivity index (χ0v) is 17.3. The number of hydrogen-bond donors (Lipinski definition) is 1. The lowest BCUT2D eigenvalue weighted by atomic mass is 9.89. The van der Waals surface area contributed by atoms with Crippen molar-refractivity contribution >= 4 is 56.3 Å². The smallest absolute Gasteiger partial charge is 0.143 e. The van der Waals surface area contributed by atoms with E-state index in [-0.39, 0.29) is 0 Å². The Balaban J connectivity index is 1.64. The number of halogens is 2. The summed E-state index contributed by atoms with van der Waals surface area (Å²) in [7, 11) is 0. The summed E-state index contributed by atoms with van der Waals surface area (Å²) < 4.78 is 0. The Labute approximate surface area is 177 Å². The Morgan fingerprint density at radius 2 is 1.71 bits per heavy atom. The number of rotatable bonds is 3. The van der Waals surface area contributed by atoms with Crippen LogP contribution in [0.3, 0.4) is 0 Å². The van der Waals surface area contributed by atoms with Gasteiger partial charge < -0.3 is 5.32 Å². The number of aromatic nitrogens is 2. The first-order chi connectivity index (χ1) is 13.7. The minimum atomic E-state index is 0.560. The normalized spacial score (nSPS) is 13.5. The fourth-order valence-corrected chi connectivity index (χ4v) is 5.23. The third-order valence-electron chi connectivity index (χ3n) is 5.24. The lowest BCUT2D eigenvalue weighted by Crippen LogP contribution is -2.02. The Kier molecular flexibility index (Phi) is 4.71. The molecular formula is C22H17Cl2N3S. The summed E-state index contributed by atoms with van der Waals surface area (Å²) in [5.41, 5.74) is 5.94. The predicted octanol–water partition coefficient (Wildman–Crippen LogP) is 7.29. The van der Waals surface area contributed by atoms with Crippen molar-refractivity contribution in [3.05, 3.63) is 69.3 Å². The largest absolute Gasteiger partial charge is 0.337 e. The van der Waals surface area contributed by atoms with Gasteiger partial charge in [0.25, 0.3) is 0 Å². The summed E-state index contributed by atoms with van der Waals surface area (Å²) in [5, 5.41) is 7.61. The van der Waals surface area contributed by atoms with Crippen LogP contribution in [0.1, 0.15) is 24.0 Å². The lowest BCUT2D eigenvalue weighted by Gasteiger charge is -2.17. The third kappa shape index (κ3) is 3.16. The second-order valence-corrected chi connectivity index (χ2v) is 8.64. The summed E-state index contributed by atoms with van der Waals surface area (Å²) in [4.78, 5) is 9.90. The molecule has 0 unspecified atom stereocenters. The van der Waals surface area contributed by atoms with E-state index >= 15 is 0 Å². The van der Waals surface area contributed by atoms with Crippen molar-refractivity contribution in [2.75, 3.05) is 5.32 Å². The SMILES string of the molecule is Clc1cccc(Cl)c1Nc1ncnc2scc(-c3ccc4c(c3)CCCC4)c12. The number of thiophene rings is 1. The first kappa shape index (κ1) is 17.9. The molecule has 2 aromatic carbocycles. The van der Waals surface area contributed by atoms with Gasteiger partial charge in [-0.05, 0) is 54.5 Å². The summed E-state index contributed by atoms with van der Waals surface area (Å²) in [6.45, 7) is 0. The minimum absolute atomic E-state index is 0.560. The van der Waals surface area contributed by atoms with Gasteiger partial charge in [0.15, 0.2) is 0 Å². The number of para-hydroxylation sites is 1. The average Bonchev–Trinajstić information content (AvgIpc) is 3.15. The molecular weight excluding hydrogens is 409 g/mol. The quantitative estimate of drug-likeness (QED) is 0.374. The molecule has 2 heterocycles. The number of nitrogens with one attached hydrogen (secondary N) is 1. The van der Waals surface area contributed by atoms with Crippen LogP contribution >= 0.6 is 34.5 Å². The van der Waals surface area contributed by atoms with Crippen LogP contribution in [-0.4, -0.2) is 9.97 Å². The molecule has 3 nitrogen and oxygen atoms in total. The standard InChI is InChI=1S/C22H17Cl2N3S/c23-17-6-3-7-18(24)20(17)27-21-19-16(11-28-22(19)26-12-25-21)15-9-8-13-4-1-2-5-14(13)10-15/h3,6-12H,1-2,4-5H2,(H,25,26,27). The van der Waals surface area contributed by atoms with Crippen LogP contribution < -0.4 is 5.32 Å². The van der Waals surface area contributed by atoms with Crippen molar-refractivity contribution in [3.63, 3.8) is 0 Å². The molecule has 0 radical (unpaired) electrons. The molecule has 2 aromatic heterocycles. The van der Waals surface area contributed by atoms with Crippen LogP contribution in [0.5, 0.6) is 0 Å². The second-order valence-electron chi connectivity index (χ2n) is 6.96. The van der Waals surface area contributed by atoms with E-state index in [2.05, 4.69) is 38.9 Å². The number of fused-ring (bicyclic) bond motifs is 2. The van der Waals surface area contributed by atoms with Crippen molar-refractivity contribution in [2.24, 2.45) is 0 Å². The highest BCUT2D eigenvalue weighted by molar-refractivity contribution is 7.17. The van der Waals surface area contributed by atoms with Crippen molar-refractivity contribution in [3.8, 4) is 11.1 Å². The lowest BCUT2D eigenvalue weighted by molar-refractivity contribution is 0.686. The van der Waals surface area contributed by atoms with Gasteiger partial charge in [0.05, 0.1) is 21.1 Å². The van der Waals surface area contributed by atoms with Gasteiger partial charge in [-0.3, -0.25) is 0 Å². The van der Waals surface area contributed by atoms with Crippen molar-refractivity contribution in [1.82, 2.24) is 9.97 Å². The fraction of sp³-hybridized carbons (Fsp3) is 0.182. The number of nitrogens with zero attached hydrogens (tertiary/aromatic N) is 2. The highest BCUT2D eigenvalue weighted by Gasteiger charge is 2.17. The topological polar surface area (TPSA) is 37.8 Å². The molecule has 0 bridgehead atoms. The van der Waals surface area contributed by atoms with Crippen LogP contribution in [0.25, 0.3) is 21.3 Å². The molecule has 0 spiro atoms. The number of benzene rings is 2. The van der Waals surface area contributed by atoms with Crippen LogP contribution in [0.15, 0.2) is 48.1 Å². The molecule has 1 aliphatic rings. The Morgan fingerprint density at radius 3 is 2.54 bits per heavy atom. The fourth-order valence-electron chi connectivity index (χ4n) is 3.82. The molecule has 6 heteroatoms. The summed E-state index contributed by atoms with van der Waals surface area (Å²) in [6.07, 6.45) is 6.46. The molecule has 0 atom stereocenters. The molecule has 0 saturated heterocycles. The van der Waals surface area contributed by atoms with E-state index in [1.54, 1.807) is 17.7 Å². The van der Waals surface area contributed by atoms with Gasteiger partial charge >= 0.3 is 0 Å². The van der Waals surface area contributed by atoms with E-state index in [1.807, 2.05) is 18.2 Å². The van der Waals surface area contributed by atoms with Gasteiger partial charge in [-0.15, -0.1) is 11.3 Å². The van der Waals surface area contributed by atoms with E-state index in [1.165, 1.54) is 36.0 Å². The molecule has 5 rings (SSSR count). The summed E-state index contributed by atoms with van der Waals surface area (Å²) in [5.74, 6) is 0.717. The molecule has 0 aliphatic heterocycles. The van der Waals surface area contributed by atoms with E-state index in [9.17, 15) is 0 Å². The molecule has 140 valence electrons. The van der Waals surface area contributed by atoms with Crippen molar-refractivity contribution in [2.45, 2.75) is 25.7 Å². The maximum Gasteiger partial charge on any atom is 0.143 e. The van der Waals surface area contributed by atoms with E-state index < -0.39 is 0 Å². The van der Waals surface area contributed by atoms with Gasteiger partial charge in [-0.1, -0.05) is 47.5 Å². The average molecular weight is 426 g/mol. The van der Waals surface area contributed by atoms with Crippen LogP contribution in [0.4, 0.5) is 11.5 Å². The van der Waals surface area contributed by atoms with Gasteiger partial charge in [0.1, 0.15) is 17.0 Å². The Morgan fingerprint density at radius 1 is 0.929 bits per heavy atom. The third-order valence-corrected chi connectivity index (χ3v) is 6.75. The first-order valence-electron chi connectivity index (χ1n) is 9.26. The molecule has 0 amide bonds. The van der Waals surface area contributed by atoms with Gasteiger partial charge in [-0.2, -0.15) is 0 Å². The van der Waals surface area contributed by atoms with Gasteiger partial charge in [0, 0.05) is 10.9 Å². The van der Waals surface area contributed by atoms with Gasteiger partial charge in [0.2, 0.25) is 0 Å². The molecule has 4 aromatic rings. The Bertz CT molecular complexity index is 1170. The minimum Gasteiger partial charge on any atom is -0.337 e. The molecule has 0 saturated carbocycles. The number of aryl methyl sites for hydroxylation is 2. The maximum atomic E-state index is 6.35. The number of anilines is 2. The van der Waals surface area contributed by atoms with Crippen molar-refractivity contribution in [1.29, 1.82) is 0 Å². The monoisotopic (exact) mass is 425 g/mol. The van der Waals surface area contributed by atoms with E-state index in [4.69, 9.17) is 23.2 Å². The maximum absolute atomic E-state index is 6.35. The Hall–Kier alpha value is -2.14. The van der Waals surface area contributed by atoms with Crippen LogP contribution in [0.2, 0.25) is 10.0 Å². The molecule has 1 N–H and O–H groups in total. The predicted molar refractivity (Wildman–Crippen MR) is 119 cm³/mol. The second kappa shape index (κ2) is 7.36.